The number of hydrogen-bond acceptors (Lipinski definition) is 4. The van der Waals surface area contributed by atoms with Crippen LogP contribution in [-0.4, -0.2) is 18.1 Å². The van der Waals surface area contributed by atoms with Crippen LogP contribution in [0, 0.1) is 0 Å². The van der Waals surface area contributed by atoms with Gasteiger partial charge in [-0.05, 0) is 30.0 Å². The summed E-state index contributed by atoms with van der Waals surface area (Å²) in [6.45, 7) is 4.42. The molecule has 2 rings (SSSR count). The fourth-order valence-corrected chi connectivity index (χ4v) is 2.41. The summed E-state index contributed by atoms with van der Waals surface area (Å²) >= 11 is 1.78. The topological polar surface area (TPSA) is 34.1 Å². The number of nitrogens with one attached hydrogen (secondary N) is 1. The molecule has 1 N–H and O–H groups in total. The first-order valence-corrected chi connectivity index (χ1v) is 7.56. The second-order valence-corrected chi connectivity index (χ2v) is 5.36. The normalized spacial score (nSPS) is 10.6. The first-order valence-electron chi connectivity index (χ1n) is 6.68. The largest absolute Gasteiger partial charge is 0.375 e. The third-order valence-electron chi connectivity index (χ3n) is 2.69. The molecule has 0 aliphatic carbocycles. The Morgan fingerprint density at radius 2 is 2.21 bits per heavy atom. The molecule has 0 saturated carbocycles. The van der Waals surface area contributed by atoms with E-state index in [0.29, 0.717) is 6.61 Å². The van der Waals surface area contributed by atoms with E-state index in [9.17, 15) is 0 Å². The molecule has 2 aromatic heterocycles. The van der Waals surface area contributed by atoms with Crippen molar-refractivity contribution in [2.24, 2.45) is 0 Å². The number of hydrogen-bond donors (Lipinski definition) is 1. The second kappa shape index (κ2) is 7.92. The number of aromatic nitrogens is 1. The van der Waals surface area contributed by atoms with Gasteiger partial charge in [0.15, 0.2) is 0 Å². The summed E-state index contributed by atoms with van der Waals surface area (Å²) in [4.78, 5) is 5.88. The molecule has 4 heteroatoms. The monoisotopic (exact) mass is 276 g/mol. The van der Waals surface area contributed by atoms with Crippen molar-refractivity contribution in [3.8, 4) is 0 Å². The smallest absolute Gasteiger partial charge is 0.126 e. The van der Waals surface area contributed by atoms with Gasteiger partial charge in [-0.2, -0.15) is 0 Å². The molecule has 0 aromatic carbocycles. The molecule has 102 valence electrons. The zero-order valence-corrected chi connectivity index (χ0v) is 12.1. The summed E-state index contributed by atoms with van der Waals surface area (Å²) in [5, 5.41) is 5.38. The SMILES string of the molecule is CCCNc1cccc(COCCc2cccs2)n1. The highest BCUT2D eigenvalue weighted by Gasteiger charge is 1.99. The van der Waals surface area contributed by atoms with E-state index in [1.807, 2.05) is 18.2 Å². The maximum atomic E-state index is 5.67. The molecule has 0 spiro atoms. The van der Waals surface area contributed by atoms with Gasteiger partial charge < -0.3 is 10.1 Å². The molecule has 0 radical (unpaired) electrons. The predicted molar refractivity (Wildman–Crippen MR) is 80.7 cm³/mol. The zero-order chi connectivity index (χ0) is 13.3. The molecule has 0 amide bonds. The molecular weight excluding hydrogens is 256 g/mol. The standard InChI is InChI=1S/C15H20N2OS/c1-2-9-16-15-7-3-5-13(17-15)12-18-10-8-14-6-4-11-19-14/h3-7,11H,2,8-10,12H2,1H3,(H,16,17). The Morgan fingerprint density at radius 1 is 1.26 bits per heavy atom. The van der Waals surface area contributed by atoms with Crippen molar-refractivity contribution in [2.45, 2.75) is 26.4 Å². The highest BCUT2D eigenvalue weighted by Crippen LogP contribution is 2.10. The molecule has 0 aliphatic heterocycles. The van der Waals surface area contributed by atoms with Crippen LogP contribution in [0.3, 0.4) is 0 Å². The van der Waals surface area contributed by atoms with Crippen molar-refractivity contribution < 1.29 is 4.74 Å². The Hall–Kier alpha value is -1.39. The van der Waals surface area contributed by atoms with Crippen molar-refractivity contribution in [3.05, 3.63) is 46.3 Å². The van der Waals surface area contributed by atoms with E-state index in [0.717, 1.165) is 37.5 Å². The molecular formula is C15H20N2OS. The van der Waals surface area contributed by atoms with Crippen LogP contribution in [0.15, 0.2) is 35.7 Å². The van der Waals surface area contributed by atoms with Gasteiger partial charge >= 0.3 is 0 Å². The average molecular weight is 276 g/mol. The zero-order valence-electron chi connectivity index (χ0n) is 11.3. The van der Waals surface area contributed by atoms with Gasteiger partial charge in [-0.25, -0.2) is 4.98 Å². The Balaban J connectivity index is 1.73. The van der Waals surface area contributed by atoms with Gasteiger partial charge in [-0.15, -0.1) is 11.3 Å². The minimum atomic E-state index is 0.576. The number of pyridine rings is 1. The fraction of sp³-hybridized carbons (Fsp3) is 0.400. The van der Waals surface area contributed by atoms with Crippen LogP contribution < -0.4 is 5.32 Å². The van der Waals surface area contributed by atoms with Gasteiger partial charge in [-0.3, -0.25) is 0 Å². The number of nitrogens with zero attached hydrogens (tertiary/aromatic N) is 1. The Bertz CT molecular complexity index is 471. The summed E-state index contributed by atoms with van der Waals surface area (Å²) in [7, 11) is 0. The highest BCUT2D eigenvalue weighted by atomic mass is 32.1. The summed E-state index contributed by atoms with van der Waals surface area (Å²) in [6.07, 6.45) is 2.08. The van der Waals surface area contributed by atoms with Crippen molar-refractivity contribution in [1.82, 2.24) is 4.98 Å². The number of anilines is 1. The molecule has 2 aromatic rings. The summed E-state index contributed by atoms with van der Waals surface area (Å²) in [5.74, 6) is 0.932. The quantitative estimate of drug-likeness (QED) is 0.746. The summed E-state index contributed by atoms with van der Waals surface area (Å²) < 4.78 is 5.67. The van der Waals surface area contributed by atoms with Crippen LogP contribution in [0.25, 0.3) is 0 Å². The van der Waals surface area contributed by atoms with Gasteiger partial charge in [0.1, 0.15) is 5.82 Å². The number of ether oxygens (including phenoxy) is 1. The van der Waals surface area contributed by atoms with E-state index >= 15 is 0 Å². The Kier molecular flexibility index (Phi) is 5.85. The lowest BCUT2D eigenvalue weighted by Gasteiger charge is -2.07. The summed E-state index contributed by atoms with van der Waals surface area (Å²) in [5.41, 5.74) is 0.979. The maximum Gasteiger partial charge on any atom is 0.126 e. The molecule has 0 aliphatic rings. The van der Waals surface area contributed by atoms with E-state index in [1.54, 1.807) is 11.3 Å². The van der Waals surface area contributed by atoms with Gasteiger partial charge in [-0.1, -0.05) is 19.1 Å². The van der Waals surface area contributed by atoms with Crippen molar-refractivity contribution in [2.75, 3.05) is 18.5 Å². The van der Waals surface area contributed by atoms with Gasteiger partial charge in [0, 0.05) is 17.8 Å². The Labute approximate surface area is 118 Å². The van der Waals surface area contributed by atoms with Gasteiger partial charge in [0.2, 0.25) is 0 Å². The van der Waals surface area contributed by atoms with Crippen LogP contribution in [0.1, 0.15) is 23.9 Å². The lowest BCUT2D eigenvalue weighted by molar-refractivity contribution is 0.122. The lowest BCUT2D eigenvalue weighted by atomic mass is 10.3. The van der Waals surface area contributed by atoms with E-state index in [1.165, 1.54) is 4.88 Å². The van der Waals surface area contributed by atoms with E-state index in [2.05, 4.69) is 34.7 Å². The van der Waals surface area contributed by atoms with Gasteiger partial charge in [0.05, 0.1) is 18.9 Å². The molecule has 0 saturated heterocycles. The third-order valence-corrected chi connectivity index (χ3v) is 3.62. The molecule has 0 fully saturated rings. The van der Waals surface area contributed by atoms with Crippen molar-refractivity contribution >= 4 is 17.2 Å². The first-order chi connectivity index (χ1) is 9.38. The molecule has 3 nitrogen and oxygen atoms in total. The molecule has 19 heavy (non-hydrogen) atoms. The third kappa shape index (κ3) is 5.01. The van der Waals surface area contributed by atoms with E-state index < -0.39 is 0 Å². The van der Waals surface area contributed by atoms with Crippen molar-refractivity contribution in [3.63, 3.8) is 0 Å². The minimum absolute atomic E-state index is 0.576. The van der Waals surface area contributed by atoms with Crippen LogP contribution in [0.5, 0.6) is 0 Å². The second-order valence-electron chi connectivity index (χ2n) is 4.32. The van der Waals surface area contributed by atoms with Crippen LogP contribution >= 0.6 is 11.3 Å². The summed E-state index contributed by atoms with van der Waals surface area (Å²) in [6, 6.07) is 10.2. The number of rotatable bonds is 8. The van der Waals surface area contributed by atoms with E-state index in [-0.39, 0.29) is 0 Å². The molecule has 0 atom stereocenters. The number of thiophene rings is 1. The van der Waals surface area contributed by atoms with Crippen molar-refractivity contribution in [1.29, 1.82) is 0 Å². The van der Waals surface area contributed by atoms with Crippen LogP contribution in [-0.2, 0) is 17.8 Å². The van der Waals surface area contributed by atoms with E-state index in [4.69, 9.17) is 4.74 Å². The predicted octanol–water partition coefficient (Wildman–Crippen LogP) is 3.72. The van der Waals surface area contributed by atoms with Gasteiger partial charge in [0.25, 0.3) is 0 Å². The fourth-order valence-electron chi connectivity index (χ4n) is 1.72. The average Bonchev–Trinajstić information content (AvgIpc) is 2.95. The van der Waals surface area contributed by atoms with Crippen LogP contribution in [0.2, 0.25) is 0 Å². The molecule has 2 heterocycles. The Morgan fingerprint density at radius 3 is 3.00 bits per heavy atom. The minimum Gasteiger partial charge on any atom is -0.375 e. The maximum absolute atomic E-state index is 5.67. The lowest BCUT2D eigenvalue weighted by Crippen LogP contribution is -2.04. The molecule has 0 bridgehead atoms. The molecule has 0 unspecified atom stereocenters. The highest BCUT2D eigenvalue weighted by molar-refractivity contribution is 7.09. The van der Waals surface area contributed by atoms with Crippen LogP contribution in [0.4, 0.5) is 5.82 Å². The first kappa shape index (κ1) is 14.0.